The highest BCUT2D eigenvalue weighted by atomic mass is 35.5. The number of halogens is 4. The van der Waals surface area contributed by atoms with Gasteiger partial charge in [-0.2, -0.15) is 0 Å². The van der Waals surface area contributed by atoms with E-state index < -0.39 is 0 Å². The van der Waals surface area contributed by atoms with Gasteiger partial charge in [0.15, 0.2) is 0 Å². The summed E-state index contributed by atoms with van der Waals surface area (Å²) in [6.07, 6.45) is -0.0197. The zero-order valence-electron chi connectivity index (χ0n) is 11.9. The Balaban J connectivity index is 0.00000242. The van der Waals surface area contributed by atoms with Crippen molar-refractivity contribution in [2.45, 2.75) is 12.6 Å². The number of alkyl halides is 1. The van der Waals surface area contributed by atoms with Crippen LogP contribution in [-0.4, -0.2) is 49.0 Å². The van der Waals surface area contributed by atoms with E-state index >= 15 is 0 Å². The van der Waals surface area contributed by atoms with Crippen molar-refractivity contribution in [3.05, 3.63) is 33.8 Å². The molecule has 0 unspecified atom stereocenters. The fourth-order valence-corrected chi connectivity index (χ4v) is 2.63. The third-order valence-electron chi connectivity index (χ3n) is 3.26. The molecule has 124 valence electrons. The van der Waals surface area contributed by atoms with Gasteiger partial charge in [0.2, 0.25) is 5.91 Å². The summed E-state index contributed by atoms with van der Waals surface area (Å²) in [6, 6.07) is 5.65. The lowest BCUT2D eigenvalue weighted by Gasteiger charge is -2.33. The largest absolute Gasteiger partial charge is 0.374 e. The Morgan fingerprint density at radius 3 is 2.82 bits per heavy atom. The van der Waals surface area contributed by atoms with Crippen molar-refractivity contribution in [2.75, 3.05) is 32.1 Å². The van der Waals surface area contributed by atoms with Gasteiger partial charge in [-0.05, 0) is 17.7 Å². The molecule has 0 bridgehead atoms. The molecule has 2 rings (SSSR count). The summed E-state index contributed by atoms with van der Waals surface area (Å²) in [7, 11) is 0. The molecular weight excluding hydrogens is 370 g/mol. The summed E-state index contributed by atoms with van der Waals surface area (Å²) in [6.45, 7) is 3.50. The smallest absolute Gasteiger partial charge is 0.235 e. The van der Waals surface area contributed by atoms with Crippen LogP contribution in [0.1, 0.15) is 5.56 Å². The zero-order chi connectivity index (χ0) is 15.2. The minimum absolute atomic E-state index is 0. The normalized spacial score (nSPS) is 18.6. The van der Waals surface area contributed by atoms with Gasteiger partial charge >= 0.3 is 0 Å². The molecule has 4 nitrogen and oxygen atoms in total. The number of nitrogens with zero attached hydrogens (tertiary/aromatic N) is 1. The maximum atomic E-state index is 11.2. The lowest BCUT2D eigenvalue weighted by molar-refractivity contribution is -0.119. The molecule has 1 aromatic rings. The van der Waals surface area contributed by atoms with Crippen molar-refractivity contribution in [1.29, 1.82) is 0 Å². The van der Waals surface area contributed by atoms with E-state index in [9.17, 15) is 4.79 Å². The van der Waals surface area contributed by atoms with Crippen LogP contribution in [0, 0.1) is 0 Å². The summed E-state index contributed by atoms with van der Waals surface area (Å²) in [4.78, 5) is 13.4. The lowest BCUT2D eigenvalue weighted by atomic mass is 10.2. The van der Waals surface area contributed by atoms with E-state index in [2.05, 4.69) is 10.2 Å². The predicted molar refractivity (Wildman–Crippen MR) is 92.5 cm³/mol. The Bertz CT molecular complexity index is 502. The van der Waals surface area contributed by atoms with Crippen LogP contribution >= 0.6 is 47.2 Å². The third-order valence-corrected chi connectivity index (χ3v) is 4.24. The average molecular weight is 388 g/mol. The molecular formula is C14H18Cl4N2O2. The first-order valence-corrected chi connectivity index (χ1v) is 7.98. The van der Waals surface area contributed by atoms with E-state index in [0.29, 0.717) is 23.2 Å². The zero-order valence-corrected chi connectivity index (χ0v) is 14.9. The van der Waals surface area contributed by atoms with Crippen LogP contribution in [0.4, 0.5) is 0 Å². The Labute approximate surface area is 151 Å². The molecule has 0 aliphatic carbocycles. The number of amides is 1. The van der Waals surface area contributed by atoms with Crippen molar-refractivity contribution in [3.63, 3.8) is 0 Å². The number of nitrogens with one attached hydrogen (secondary N) is 1. The highest BCUT2D eigenvalue weighted by Crippen LogP contribution is 2.23. The summed E-state index contributed by atoms with van der Waals surface area (Å²) in [5.74, 6) is -0.207. The van der Waals surface area contributed by atoms with Crippen molar-refractivity contribution >= 4 is 53.1 Å². The van der Waals surface area contributed by atoms with Gasteiger partial charge in [-0.15, -0.1) is 24.0 Å². The second-order valence-corrected chi connectivity index (χ2v) is 6.00. The molecule has 0 saturated carbocycles. The summed E-state index contributed by atoms with van der Waals surface area (Å²) in [5, 5.41) is 3.86. The van der Waals surface area contributed by atoms with Gasteiger partial charge in [-0.1, -0.05) is 29.3 Å². The number of rotatable bonds is 5. The van der Waals surface area contributed by atoms with E-state index in [-0.39, 0.29) is 30.3 Å². The number of ether oxygens (including phenoxy) is 1. The molecule has 22 heavy (non-hydrogen) atoms. The summed E-state index contributed by atoms with van der Waals surface area (Å²) >= 11 is 17.4. The van der Waals surface area contributed by atoms with E-state index in [1.165, 1.54) is 0 Å². The van der Waals surface area contributed by atoms with Crippen LogP contribution in [0.3, 0.4) is 0 Å². The first-order valence-electron chi connectivity index (χ1n) is 6.69. The molecule has 1 fully saturated rings. The van der Waals surface area contributed by atoms with E-state index in [4.69, 9.17) is 39.5 Å². The predicted octanol–water partition coefficient (Wildman–Crippen LogP) is 2.97. The fraction of sp³-hybridized carbons (Fsp3) is 0.500. The topological polar surface area (TPSA) is 41.6 Å². The molecule has 0 aromatic heterocycles. The highest BCUT2D eigenvalue weighted by Gasteiger charge is 2.21. The van der Waals surface area contributed by atoms with Crippen LogP contribution in [0.25, 0.3) is 0 Å². The second-order valence-electron chi connectivity index (χ2n) is 4.91. The van der Waals surface area contributed by atoms with Crippen LogP contribution in [0.15, 0.2) is 18.2 Å². The fourth-order valence-electron chi connectivity index (χ4n) is 2.22. The number of benzene rings is 1. The Hall–Kier alpha value is -0.230. The molecule has 1 atom stereocenters. The first kappa shape index (κ1) is 19.8. The van der Waals surface area contributed by atoms with Crippen LogP contribution in [-0.2, 0) is 16.1 Å². The number of hydrogen-bond donors (Lipinski definition) is 1. The monoisotopic (exact) mass is 386 g/mol. The van der Waals surface area contributed by atoms with Crippen LogP contribution in [0.2, 0.25) is 10.0 Å². The SMILES string of the molecule is Cl.O=C(CCl)NC[C@H]1CN(Cc2ccc(Cl)c(Cl)c2)CCO1. The number of carbonyl (C=O) groups is 1. The van der Waals surface area contributed by atoms with Crippen molar-refractivity contribution in [3.8, 4) is 0 Å². The maximum absolute atomic E-state index is 11.2. The van der Waals surface area contributed by atoms with E-state index in [0.717, 1.165) is 25.2 Å². The van der Waals surface area contributed by atoms with Gasteiger partial charge in [0, 0.05) is 26.2 Å². The van der Waals surface area contributed by atoms with E-state index in [1.807, 2.05) is 12.1 Å². The van der Waals surface area contributed by atoms with Crippen molar-refractivity contribution < 1.29 is 9.53 Å². The molecule has 1 heterocycles. The molecule has 0 radical (unpaired) electrons. The molecule has 0 spiro atoms. The van der Waals surface area contributed by atoms with Crippen LogP contribution in [0.5, 0.6) is 0 Å². The van der Waals surface area contributed by atoms with Gasteiger partial charge < -0.3 is 10.1 Å². The molecule has 1 amide bonds. The molecule has 1 aliphatic rings. The van der Waals surface area contributed by atoms with Gasteiger partial charge in [0.25, 0.3) is 0 Å². The van der Waals surface area contributed by atoms with Gasteiger partial charge in [0.1, 0.15) is 5.88 Å². The maximum Gasteiger partial charge on any atom is 0.235 e. The summed E-state index contributed by atoms with van der Waals surface area (Å²) in [5.41, 5.74) is 1.11. The quantitative estimate of drug-likeness (QED) is 0.789. The van der Waals surface area contributed by atoms with Crippen molar-refractivity contribution in [2.24, 2.45) is 0 Å². The minimum Gasteiger partial charge on any atom is -0.374 e. The van der Waals surface area contributed by atoms with E-state index in [1.54, 1.807) is 6.07 Å². The second kappa shape index (κ2) is 9.81. The molecule has 8 heteroatoms. The number of carbonyl (C=O) groups excluding carboxylic acids is 1. The standard InChI is InChI=1S/C14H17Cl3N2O2.ClH/c15-6-14(20)18-7-11-9-19(3-4-21-11)8-10-1-2-12(16)13(17)5-10;/h1-2,5,11H,3-4,6-9H2,(H,18,20);1H/t11-;/m0./s1. The Kier molecular flexibility index (Phi) is 8.83. The van der Waals surface area contributed by atoms with Crippen molar-refractivity contribution in [1.82, 2.24) is 10.2 Å². The lowest BCUT2D eigenvalue weighted by Crippen LogP contribution is -2.47. The van der Waals surface area contributed by atoms with Gasteiger partial charge in [-0.3, -0.25) is 9.69 Å². The molecule has 1 aliphatic heterocycles. The molecule has 1 saturated heterocycles. The number of morpholine rings is 1. The Morgan fingerprint density at radius 1 is 1.36 bits per heavy atom. The van der Waals surface area contributed by atoms with Crippen LogP contribution < -0.4 is 5.32 Å². The third kappa shape index (κ3) is 6.11. The Morgan fingerprint density at radius 2 is 2.14 bits per heavy atom. The first-order chi connectivity index (χ1) is 10.1. The minimum atomic E-state index is -0.179. The van der Waals surface area contributed by atoms with Gasteiger partial charge in [0.05, 0.1) is 22.8 Å². The summed E-state index contributed by atoms with van der Waals surface area (Å²) < 4.78 is 5.64. The number of hydrogen-bond acceptors (Lipinski definition) is 3. The molecule has 1 aromatic carbocycles. The molecule has 1 N–H and O–H groups in total. The highest BCUT2D eigenvalue weighted by molar-refractivity contribution is 6.42. The average Bonchev–Trinajstić information content (AvgIpc) is 2.49. The van der Waals surface area contributed by atoms with Gasteiger partial charge in [-0.25, -0.2) is 0 Å².